The van der Waals surface area contributed by atoms with Gasteiger partial charge in [0.2, 0.25) is 0 Å². The van der Waals surface area contributed by atoms with Crippen molar-refractivity contribution in [3.8, 4) is 11.3 Å². The van der Waals surface area contributed by atoms with Crippen molar-refractivity contribution >= 4 is 12.1 Å². The number of hydrogen-bond acceptors (Lipinski definition) is 6. The van der Waals surface area contributed by atoms with Crippen molar-refractivity contribution in [1.29, 1.82) is 0 Å². The predicted octanol–water partition coefficient (Wildman–Crippen LogP) is 1.72. The van der Waals surface area contributed by atoms with Crippen molar-refractivity contribution in [3.05, 3.63) is 36.4 Å². The average Bonchev–Trinajstić information content (AvgIpc) is 3.12. The molecule has 1 aliphatic heterocycles. The molecule has 0 aliphatic carbocycles. The summed E-state index contributed by atoms with van der Waals surface area (Å²) in [6.07, 6.45) is 3.86. The number of urea groups is 1. The molecule has 0 atom stereocenters. The molecule has 2 aromatic heterocycles. The minimum atomic E-state index is -0.330. The van der Waals surface area contributed by atoms with E-state index in [1.54, 1.807) is 30.4 Å². The van der Waals surface area contributed by atoms with Crippen molar-refractivity contribution in [2.45, 2.75) is 13.0 Å². The molecule has 9 nitrogen and oxygen atoms in total. The lowest BCUT2D eigenvalue weighted by molar-refractivity contribution is 0.0733. The number of aromatic nitrogens is 2. The van der Waals surface area contributed by atoms with E-state index in [2.05, 4.69) is 15.5 Å². The van der Waals surface area contributed by atoms with Gasteiger partial charge in [-0.25, -0.2) is 9.59 Å². The molecule has 0 aromatic carbocycles. The maximum atomic E-state index is 12.2. The van der Waals surface area contributed by atoms with Gasteiger partial charge in [0.05, 0.1) is 13.2 Å². The molecule has 0 bridgehead atoms. The minimum Gasteiger partial charge on any atom is -0.449 e. The Morgan fingerprint density at radius 3 is 3.12 bits per heavy atom. The molecule has 138 valence electrons. The summed E-state index contributed by atoms with van der Waals surface area (Å²) in [4.78, 5) is 30.8. The van der Waals surface area contributed by atoms with Crippen LogP contribution in [-0.4, -0.2) is 65.4 Å². The van der Waals surface area contributed by atoms with E-state index in [4.69, 9.17) is 9.26 Å². The molecule has 0 unspecified atom stereocenters. The molecule has 1 aliphatic rings. The quantitative estimate of drug-likeness (QED) is 0.843. The SMILES string of the molecule is CN(Cc1cc(-c2cccnc2)no1)C(=O)NCCN1CCCOC1=O. The van der Waals surface area contributed by atoms with Crippen molar-refractivity contribution in [3.63, 3.8) is 0 Å². The first-order valence-electron chi connectivity index (χ1n) is 8.40. The number of carbonyl (C=O) groups excluding carboxylic acids is 2. The van der Waals surface area contributed by atoms with E-state index in [0.717, 1.165) is 12.0 Å². The second-order valence-electron chi connectivity index (χ2n) is 5.96. The molecule has 0 radical (unpaired) electrons. The van der Waals surface area contributed by atoms with Crippen molar-refractivity contribution < 1.29 is 18.8 Å². The summed E-state index contributed by atoms with van der Waals surface area (Å²) in [5.74, 6) is 0.570. The van der Waals surface area contributed by atoms with Crippen LogP contribution in [0.5, 0.6) is 0 Å². The van der Waals surface area contributed by atoms with E-state index in [1.165, 1.54) is 4.90 Å². The molecule has 9 heteroatoms. The molecular weight excluding hydrogens is 338 g/mol. The van der Waals surface area contributed by atoms with Gasteiger partial charge in [0.15, 0.2) is 5.76 Å². The van der Waals surface area contributed by atoms with Crippen molar-refractivity contribution in [2.24, 2.45) is 0 Å². The third-order valence-electron chi connectivity index (χ3n) is 3.97. The summed E-state index contributed by atoms with van der Waals surface area (Å²) in [5.41, 5.74) is 1.52. The largest absolute Gasteiger partial charge is 0.449 e. The normalized spacial score (nSPS) is 14.0. The van der Waals surface area contributed by atoms with Crippen LogP contribution in [0.3, 0.4) is 0 Å². The molecular formula is C17H21N5O4. The van der Waals surface area contributed by atoms with Gasteiger partial charge in [0.1, 0.15) is 5.69 Å². The van der Waals surface area contributed by atoms with Gasteiger partial charge >= 0.3 is 12.1 Å². The summed E-state index contributed by atoms with van der Waals surface area (Å²) in [6.45, 7) is 2.18. The summed E-state index contributed by atoms with van der Waals surface area (Å²) in [5, 5.41) is 6.77. The fourth-order valence-electron chi connectivity index (χ4n) is 2.58. The van der Waals surface area contributed by atoms with E-state index in [-0.39, 0.29) is 18.7 Å². The van der Waals surface area contributed by atoms with Crippen LogP contribution in [0.15, 0.2) is 35.1 Å². The van der Waals surface area contributed by atoms with Crippen LogP contribution in [-0.2, 0) is 11.3 Å². The topological polar surface area (TPSA) is 101 Å². The van der Waals surface area contributed by atoms with Crippen LogP contribution < -0.4 is 5.32 Å². The van der Waals surface area contributed by atoms with Crippen molar-refractivity contribution in [1.82, 2.24) is 25.3 Å². The summed E-state index contributed by atoms with van der Waals surface area (Å²) >= 11 is 0. The summed E-state index contributed by atoms with van der Waals surface area (Å²) < 4.78 is 10.2. The van der Waals surface area contributed by atoms with Crippen LogP contribution in [0, 0.1) is 0 Å². The Morgan fingerprint density at radius 1 is 1.46 bits per heavy atom. The molecule has 2 aromatic rings. The third-order valence-corrected chi connectivity index (χ3v) is 3.97. The Hall–Kier alpha value is -3.10. The molecule has 0 saturated carbocycles. The molecule has 3 amide bonds. The lowest BCUT2D eigenvalue weighted by Crippen LogP contribution is -2.44. The highest BCUT2D eigenvalue weighted by molar-refractivity contribution is 5.74. The number of pyridine rings is 1. The Labute approximate surface area is 150 Å². The number of nitrogens with one attached hydrogen (secondary N) is 1. The first-order chi connectivity index (χ1) is 12.6. The van der Waals surface area contributed by atoms with E-state index in [1.807, 2.05) is 12.1 Å². The third kappa shape index (κ3) is 4.50. The van der Waals surface area contributed by atoms with E-state index >= 15 is 0 Å². The van der Waals surface area contributed by atoms with Crippen LogP contribution in [0.1, 0.15) is 12.2 Å². The Bertz CT molecular complexity index is 749. The fourth-order valence-corrected chi connectivity index (χ4v) is 2.58. The predicted molar refractivity (Wildman–Crippen MR) is 92.1 cm³/mol. The Balaban J connectivity index is 1.45. The van der Waals surface area contributed by atoms with E-state index in [0.29, 0.717) is 37.7 Å². The first kappa shape index (κ1) is 17.7. The molecule has 26 heavy (non-hydrogen) atoms. The molecule has 1 fully saturated rings. The van der Waals surface area contributed by atoms with Crippen LogP contribution in [0.2, 0.25) is 0 Å². The standard InChI is InChI=1S/C17H21N5O4/c1-21(16(23)19-6-8-22-7-3-9-25-17(22)24)12-14-10-15(20-26-14)13-4-2-5-18-11-13/h2,4-5,10-11H,3,6-9,12H2,1H3,(H,19,23). The Kier molecular flexibility index (Phi) is 5.67. The highest BCUT2D eigenvalue weighted by Crippen LogP contribution is 2.18. The van der Waals surface area contributed by atoms with Crippen LogP contribution in [0.25, 0.3) is 11.3 Å². The Morgan fingerprint density at radius 2 is 2.35 bits per heavy atom. The zero-order valence-corrected chi connectivity index (χ0v) is 14.6. The molecule has 0 spiro atoms. The van der Waals surface area contributed by atoms with Gasteiger partial charge in [0.25, 0.3) is 0 Å². The lowest BCUT2D eigenvalue weighted by atomic mass is 10.2. The number of amides is 3. The van der Waals surface area contributed by atoms with Crippen LogP contribution in [0.4, 0.5) is 9.59 Å². The second-order valence-corrected chi connectivity index (χ2v) is 5.96. The van der Waals surface area contributed by atoms with Gasteiger partial charge < -0.3 is 24.4 Å². The number of hydrogen-bond donors (Lipinski definition) is 1. The minimum absolute atomic E-state index is 0.255. The summed E-state index contributed by atoms with van der Waals surface area (Å²) in [6, 6.07) is 5.23. The first-order valence-corrected chi connectivity index (χ1v) is 8.40. The molecule has 3 heterocycles. The fraction of sp³-hybridized carbons (Fsp3) is 0.412. The zero-order valence-electron chi connectivity index (χ0n) is 14.6. The monoisotopic (exact) mass is 359 g/mol. The average molecular weight is 359 g/mol. The number of carbonyl (C=O) groups is 2. The van der Waals surface area contributed by atoms with Gasteiger partial charge in [0, 0.05) is 50.7 Å². The number of rotatable bonds is 6. The van der Waals surface area contributed by atoms with Gasteiger partial charge in [-0.15, -0.1) is 0 Å². The lowest BCUT2D eigenvalue weighted by Gasteiger charge is -2.26. The number of nitrogens with zero attached hydrogens (tertiary/aromatic N) is 4. The van der Waals surface area contributed by atoms with Gasteiger partial charge in [-0.2, -0.15) is 0 Å². The van der Waals surface area contributed by atoms with Gasteiger partial charge in [-0.1, -0.05) is 5.16 Å². The maximum absolute atomic E-state index is 12.2. The highest BCUT2D eigenvalue weighted by atomic mass is 16.6. The van der Waals surface area contributed by atoms with E-state index < -0.39 is 0 Å². The molecule has 1 N–H and O–H groups in total. The van der Waals surface area contributed by atoms with Crippen LogP contribution >= 0.6 is 0 Å². The van der Waals surface area contributed by atoms with Gasteiger partial charge in [-0.05, 0) is 18.6 Å². The highest BCUT2D eigenvalue weighted by Gasteiger charge is 2.19. The molecule has 1 saturated heterocycles. The molecule has 3 rings (SSSR count). The maximum Gasteiger partial charge on any atom is 0.409 e. The second kappa shape index (κ2) is 8.32. The smallest absolute Gasteiger partial charge is 0.409 e. The van der Waals surface area contributed by atoms with Crippen molar-refractivity contribution in [2.75, 3.05) is 33.3 Å². The number of cyclic esters (lactones) is 1. The van der Waals surface area contributed by atoms with Gasteiger partial charge in [-0.3, -0.25) is 4.98 Å². The zero-order chi connectivity index (χ0) is 18.4. The number of ether oxygens (including phenoxy) is 1. The van der Waals surface area contributed by atoms with E-state index in [9.17, 15) is 9.59 Å². The summed E-state index contributed by atoms with van der Waals surface area (Å²) in [7, 11) is 1.66.